The molecule has 11 nitrogen and oxygen atoms in total. The molecule has 0 bridgehead atoms. The Labute approximate surface area is 220 Å². The van der Waals surface area contributed by atoms with E-state index in [0.717, 1.165) is 18.7 Å². The molecule has 198 valence electrons. The lowest BCUT2D eigenvalue weighted by molar-refractivity contribution is 0.0983. The Morgan fingerprint density at radius 3 is 2.56 bits per heavy atom. The predicted octanol–water partition coefficient (Wildman–Crippen LogP) is 3.05. The van der Waals surface area contributed by atoms with E-state index in [1.165, 1.54) is 52.3 Å². The van der Waals surface area contributed by atoms with Crippen LogP contribution in [0.3, 0.4) is 0 Å². The molecular weight excluding hydrogens is 530 g/mol. The van der Waals surface area contributed by atoms with Crippen LogP contribution in [0.2, 0.25) is 0 Å². The fraction of sp³-hybridized carbons (Fsp3) is 0.160. The van der Waals surface area contributed by atoms with Crippen LogP contribution in [0.15, 0.2) is 78.6 Å². The van der Waals surface area contributed by atoms with Gasteiger partial charge in [-0.15, -0.1) is 0 Å². The van der Waals surface area contributed by atoms with Crippen molar-refractivity contribution in [1.29, 1.82) is 0 Å². The first kappa shape index (κ1) is 24.6. The lowest BCUT2D eigenvalue weighted by atomic mass is 10.0. The molecule has 14 heteroatoms. The van der Waals surface area contributed by atoms with Gasteiger partial charge in [0.25, 0.3) is 15.9 Å². The zero-order valence-electron chi connectivity index (χ0n) is 20.1. The average Bonchev–Trinajstić information content (AvgIpc) is 3.68. The highest BCUT2D eigenvalue weighted by atomic mass is 32.2. The van der Waals surface area contributed by atoms with Gasteiger partial charge in [-0.05, 0) is 54.8 Å². The number of benzene rings is 1. The molecule has 1 aliphatic heterocycles. The van der Waals surface area contributed by atoms with Crippen molar-refractivity contribution in [2.45, 2.75) is 23.8 Å². The second-order valence-electron chi connectivity index (χ2n) is 8.95. The smallest absolute Gasteiger partial charge is 0.268 e. The molecule has 0 spiro atoms. The lowest BCUT2D eigenvalue weighted by Gasteiger charge is -2.27. The number of nitrogens with zero attached hydrogens (tertiary/aromatic N) is 7. The minimum atomic E-state index is -4.24. The number of rotatable bonds is 6. The number of carbonyl (C=O) groups excluding carboxylic acids is 1. The summed E-state index contributed by atoms with van der Waals surface area (Å²) >= 11 is 0. The number of anilines is 1. The van der Waals surface area contributed by atoms with E-state index in [1.807, 2.05) is 4.90 Å². The maximum absolute atomic E-state index is 13.9. The molecule has 39 heavy (non-hydrogen) atoms. The fourth-order valence-corrected chi connectivity index (χ4v) is 5.65. The number of carbonyl (C=O) groups is 1. The summed E-state index contributed by atoms with van der Waals surface area (Å²) in [5.74, 6) is -1.81. The topological polar surface area (TPSA) is 127 Å². The van der Waals surface area contributed by atoms with Crippen molar-refractivity contribution >= 4 is 27.1 Å². The molecule has 6 rings (SSSR count). The molecule has 1 amide bonds. The summed E-state index contributed by atoms with van der Waals surface area (Å²) in [6, 6.07) is 9.45. The maximum atomic E-state index is 13.9. The number of hydrogen-bond donors (Lipinski definition) is 1. The zero-order valence-corrected chi connectivity index (χ0v) is 21.0. The van der Waals surface area contributed by atoms with Crippen LogP contribution in [0.4, 0.5) is 14.5 Å². The van der Waals surface area contributed by atoms with Crippen molar-refractivity contribution in [2.75, 3.05) is 11.4 Å². The second-order valence-corrected chi connectivity index (χ2v) is 10.6. The first-order valence-electron chi connectivity index (χ1n) is 11.9. The lowest BCUT2D eigenvalue weighted by Crippen LogP contribution is -2.30. The van der Waals surface area contributed by atoms with Gasteiger partial charge < -0.3 is 4.90 Å². The van der Waals surface area contributed by atoms with Crippen molar-refractivity contribution < 1.29 is 22.0 Å². The molecule has 0 radical (unpaired) electrons. The van der Waals surface area contributed by atoms with Crippen LogP contribution in [-0.2, 0) is 10.0 Å². The van der Waals surface area contributed by atoms with Gasteiger partial charge in [0, 0.05) is 30.7 Å². The van der Waals surface area contributed by atoms with Gasteiger partial charge in [-0.3, -0.25) is 4.79 Å². The van der Waals surface area contributed by atoms with Crippen LogP contribution in [-0.4, -0.2) is 50.2 Å². The quantitative estimate of drug-likeness (QED) is 0.342. The standard InChI is InChI=1S/C25H20F2N8O3S/c26-17-8-16(9-18(27)10-17)22-2-1-6-33(22)19-5-7-34-23(11-19)21(13-30-34)25(36)32-39(37,38)20-3-4-24(29-12-20)35-15-28-14-31-35/h3-5,7-15,22H,1-2,6H2,(H,32,36)/t22-/m1/s1. The van der Waals surface area contributed by atoms with Gasteiger partial charge in [-0.1, -0.05) is 0 Å². The third-order valence-electron chi connectivity index (χ3n) is 6.52. The van der Waals surface area contributed by atoms with E-state index in [9.17, 15) is 22.0 Å². The minimum absolute atomic E-state index is 0.0418. The Kier molecular flexibility index (Phi) is 6.02. The molecule has 0 aliphatic carbocycles. The Morgan fingerprint density at radius 2 is 1.85 bits per heavy atom. The van der Waals surface area contributed by atoms with Gasteiger partial charge in [0.1, 0.15) is 29.2 Å². The first-order chi connectivity index (χ1) is 18.8. The Balaban J connectivity index is 1.26. The number of amides is 1. The molecule has 0 saturated carbocycles. The molecule has 1 atom stereocenters. The summed E-state index contributed by atoms with van der Waals surface area (Å²) in [5, 5.41) is 8.10. The van der Waals surface area contributed by atoms with E-state index in [-0.39, 0.29) is 16.5 Å². The van der Waals surface area contributed by atoms with Crippen molar-refractivity contribution in [3.8, 4) is 5.82 Å². The monoisotopic (exact) mass is 550 g/mol. The average molecular weight is 551 g/mol. The molecule has 1 fully saturated rings. The normalized spacial score (nSPS) is 15.6. The Hall–Kier alpha value is -4.72. The number of sulfonamides is 1. The molecule has 1 aliphatic rings. The summed E-state index contributed by atoms with van der Waals surface area (Å²) in [5.41, 5.74) is 1.64. The summed E-state index contributed by atoms with van der Waals surface area (Å²) in [6.07, 6.45) is 8.27. The van der Waals surface area contributed by atoms with Crippen LogP contribution in [0.25, 0.3) is 11.3 Å². The van der Waals surface area contributed by atoms with E-state index in [0.29, 0.717) is 35.6 Å². The van der Waals surface area contributed by atoms with Crippen LogP contribution in [0.1, 0.15) is 34.8 Å². The number of hydrogen-bond acceptors (Lipinski definition) is 8. The van der Waals surface area contributed by atoms with Crippen molar-refractivity contribution in [3.05, 3.63) is 96.5 Å². The Bertz CT molecular complexity index is 1770. The van der Waals surface area contributed by atoms with Crippen LogP contribution in [0.5, 0.6) is 0 Å². The van der Waals surface area contributed by atoms with Gasteiger partial charge >= 0.3 is 0 Å². The highest BCUT2D eigenvalue weighted by Gasteiger charge is 2.28. The van der Waals surface area contributed by atoms with Gasteiger partial charge in [0.2, 0.25) is 0 Å². The first-order valence-corrected chi connectivity index (χ1v) is 13.3. The second kappa shape index (κ2) is 9.54. The molecule has 5 aromatic rings. The van der Waals surface area contributed by atoms with Crippen molar-refractivity contribution in [2.24, 2.45) is 0 Å². The van der Waals surface area contributed by atoms with Gasteiger partial charge in [0.05, 0.1) is 23.3 Å². The number of nitrogens with one attached hydrogen (secondary N) is 1. The van der Waals surface area contributed by atoms with Crippen molar-refractivity contribution in [3.63, 3.8) is 0 Å². The number of fused-ring (bicyclic) bond motifs is 1. The van der Waals surface area contributed by atoms with Crippen LogP contribution in [0, 0.1) is 11.6 Å². The van der Waals surface area contributed by atoms with E-state index in [4.69, 9.17) is 0 Å². The van der Waals surface area contributed by atoms with E-state index >= 15 is 0 Å². The minimum Gasteiger partial charge on any atom is -0.364 e. The largest absolute Gasteiger partial charge is 0.364 e. The molecule has 1 N–H and O–H groups in total. The third-order valence-corrected chi connectivity index (χ3v) is 7.83. The number of pyridine rings is 2. The molecular formula is C25H20F2N8O3S. The van der Waals surface area contributed by atoms with Gasteiger partial charge in [0.15, 0.2) is 5.82 Å². The molecule has 5 heterocycles. The van der Waals surface area contributed by atoms with E-state index < -0.39 is 27.6 Å². The maximum Gasteiger partial charge on any atom is 0.268 e. The Morgan fingerprint density at radius 1 is 1.03 bits per heavy atom. The highest BCUT2D eigenvalue weighted by Crippen LogP contribution is 2.37. The van der Waals surface area contributed by atoms with Gasteiger partial charge in [-0.2, -0.15) is 10.2 Å². The highest BCUT2D eigenvalue weighted by molar-refractivity contribution is 7.90. The number of halogens is 2. The van der Waals surface area contributed by atoms with E-state index in [2.05, 4.69) is 24.9 Å². The molecule has 0 unspecified atom stereocenters. The molecule has 1 saturated heterocycles. The summed E-state index contributed by atoms with van der Waals surface area (Å²) < 4.78 is 58.5. The number of aromatic nitrogens is 6. The fourth-order valence-electron chi connectivity index (χ4n) is 4.74. The summed E-state index contributed by atoms with van der Waals surface area (Å²) in [7, 11) is -4.24. The van der Waals surface area contributed by atoms with Crippen LogP contribution >= 0.6 is 0 Å². The third kappa shape index (κ3) is 4.69. The van der Waals surface area contributed by atoms with Crippen LogP contribution < -0.4 is 9.62 Å². The van der Waals surface area contributed by atoms with Crippen molar-refractivity contribution in [1.82, 2.24) is 34.1 Å². The molecule has 1 aromatic carbocycles. The van der Waals surface area contributed by atoms with E-state index in [1.54, 1.807) is 18.3 Å². The summed E-state index contributed by atoms with van der Waals surface area (Å²) in [6.45, 7) is 0.639. The summed E-state index contributed by atoms with van der Waals surface area (Å²) in [4.78, 5) is 22.7. The molecule has 4 aromatic heterocycles. The zero-order chi connectivity index (χ0) is 27.1. The van der Waals surface area contributed by atoms with Gasteiger partial charge in [-0.25, -0.2) is 41.1 Å². The predicted molar refractivity (Wildman–Crippen MR) is 135 cm³/mol. The SMILES string of the molecule is O=C(NS(=O)(=O)c1ccc(-n2cncn2)nc1)c1cnn2ccc(N3CCC[C@@H]3c3cc(F)cc(F)c3)cc12.